The summed E-state index contributed by atoms with van der Waals surface area (Å²) in [7, 11) is 0. The lowest BCUT2D eigenvalue weighted by Gasteiger charge is -2.28. The number of aromatic carboxylic acids is 1. The third-order valence-electron chi connectivity index (χ3n) is 3.43. The summed E-state index contributed by atoms with van der Waals surface area (Å²) >= 11 is 22.9. The van der Waals surface area contributed by atoms with Gasteiger partial charge in [0.1, 0.15) is 11.9 Å². The minimum absolute atomic E-state index is 0.00220. The summed E-state index contributed by atoms with van der Waals surface area (Å²) in [5.74, 6) is -1.20. The minimum Gasteiger partial charge on any atom is -0.484 e. The first-order valence-electron chi connectivity index (χ1n) is 8.10. The van der Waals surface area contributed by atoms with Gasteiger partial charge in [0.25, 0.3) is 5.91 Å². The largest absolute Gasteiger partial charge is 0.484 e. The van der Waals surface area contributed by atoms with Crippen LogP contribution in [0.15, 0.2) is 54.6 Å². The molecule has 4 N–H and O–H groups in total. The molecule has 29 heavy (non-hydrogen) atoms. The van der Waals surface area contributed by atoms with Crippen LogP contribution in [0.3, 0.4) is 0 Å². The van der Waals surface area contributed by atoms with Crippen molar-refractivity contribution in [2.24, 2.45) is 0 Å². The summed E-state index contributed by atoms with van der Waals surface area (Å²) in [5.41, 5.74) is 0.238. The number of rotatable bonds is 7. The van der Waals surface area contributed by atoms with Crippen LogP contribution in [0.1, 0.15) is 10.4 Å². The van der Waals surface area contributed by atoms with Gasteiger partial charge in [-0.25, -0.2) is 4.79 Å². The van der Waals surface area contributed by atoms with Crippen molar-refractivity contribution in [3.05, 3.63) is 60.2 Å². The third-order valence-corrected chi connectivity index (χ3v) is 4.30. The Bertz CT molecular complexity index is 878. The molecule has 0 heterocycles. The number of hydrogen-bond donors (Lipinski definition) is 4. The summed E-state index contributed by atoms with van der Waals surface area (Å²) in [5, 5.41) is 17.0. The number of nitrogens with one attached hydrogen (secondary N) is 3. The van der Waals surface area contributed by atoms with Gasteiger partial charge >= 0.3 is 5.97 Å². The average Bonchev–Trinajstić information content (AvgIpc) is 2.66. The Kier molecular flexibility index (Phi) is 8.33. The molecule has 0 bridgehead atoms. The molecule has 1 amide bonds. The highest BCUT2D eigenvalue weighted by Crippen LogP contribution is 2.29. The molecule has 0 aliphatic rings. The lowest BCUT2D eigenvalue weighted by molar-refractivity contribution is -0.123. The molecule has 2 aromatic carbocycles. The number of carbonyl (C=O) groups is 2. The number of carboxylic acids is 1. The Hall–Kier alpha value is -2.26. The van der Waals surface area contributed by atoms with Crippen LogP contribution in [0.4, 0.5) is 5.69 Å². The quantitative estimate of drug-likeness (QED) is 0.275. The zero-order valence-corrected chi connectivity index (χ0v) is 17.8. The van der Waals surface area contributed by atoms with E-state index in [1.54, 1.807) is 36.4 Å². The zero-order chi connectivity index (χ0) is 21.4. The average molecular weight is 477 g/mol. The van der Waals surface area contributed by atoms with E-state index in [-0.39, 0.29) is 23.0 Å². The summed E-state index contributed by atoms with van der Waals surface area (Å²) in [6.45, 7) is -0.315. The summed E-state index contributed by atoms with van der Waals surface area (Å²) in [6.07, 6.45) is -1.21. The van der Waals surface area contributed by atoms with Crippen LogP contribution >= 0.6 is 47.0 Å². The third kappa shape index (κ3) is 7.58. The highest BCUT2D eigenvalue weighted by molar-refractivity contribution is 7.80. The molecule has 0 aliphatic carbocycles. The number of amides is 1. The van der Waals surface area contributed by atoms with Crippen molar-refractivity contribution in [2.45, 2.75) is 9.96 Å². The molecule has 0 aromatic heterocycles. The SMILES string of the molecule is O=C(COc1ccccc1)N[C@H](NC(=S)Nc1ccccc1C(=O)O)C(Cl)(Cl)Cl. The number of carboxylic acid groups (broad SMARTS) is 1. The second-order valence-corrected chi connectivity index (χ2v) is 8.37. The van der Waals surface area contributed by atoms with Crippen molar-refractivity contribution in [1.29, 1.82) is 0 Å². The first kappa shape index (κ1) is 23.0. The van der Waals surface area contributed by atoms with Gasteiger partial charge in [0.05, 0.1) is 11.3 Å². The zero-order valence-electron chi connectivity index (χ0n) is 14.7. The number of para-hydroxylation sites is 2. The van der Waals surface area contributed by atoms with Crippen LogP contribution in [0.2, 0.25) is 0 Å². The molecular formula is C18H16Cl3N3O4S. The van der Waals surface area contributed by atoms with Crippen LogP contribution < -0.4 is 20.7 Å². The van der Waals surface area contributed by atoms with Crippen molar-refractivity contribution in [3.63, 3.8) is 0 Å². The molecule has 2 rings (SSSR count). The van der Waals surface area contributed by atoms with E-state index < -0.39 is 21.8 Å². The molecule has 0 saturated heterocycles. The normalized spacial score (nSPS) is 11.8. The number of benzene rings is 2. The minimum atomic E-state index is -1.96. The Balaban J connectivity index is 1.99. The van der Waals surface area contributed by atoms with Crippen LogP contribution in [0.5, 0.6) is 5.75 Å². The highest BCUT2D eigenvalue weighted by Gasteiger charge is 2.34. The molecule has 0 fully saturated rings. The number of thiocarbonyl (C=S) groups is 1. The van der Waals surface area contributed by atoms with E-state index in [1.807, 2.05) is 6.07 Å². The van der Waals surface area contributed by atoms with Gasteiger partial charge in [0, 0.05) is 0 Å². The number of hydrogen-bond acceptors (Lipinski definition) is 4. The Labute approximate surface area is 187 Å². The molecule has 11 heteroatoms. The number of alkyl halides is 3. The molecule has 7 nitrogen and oxygen atoms in total. The maximum absolute atomic E-state index is 12.2. The van der Waals surface area contributed by atoms with Gasteiger partial charge in [-0.3, -0.25) is 4.79 Å². The van der Waals surface area contributed by atoms with Crippen LogP contribution in [-0.2, 0) is 4.79 Å². The fourth-order valence-electron chi connectivity index (χ4n) is 2.14. The highest BCUT2D eigenvalue weighted by atomic mass is 35.6. The van der Waals surface area contributed by atoms with Gasteiger partial charge in [-0.1, -0.05) is 65.1 Å². The number of halogens is 3. The second-order valence-electron chi connectivity index (χ2n) is 5.59. The van der Waals surface area contributed by atoms with E-state index in [1.165, 1.54) is 12.1 Å². The molecule has 154 valence electrons. The molecule has 0 saturated carbocycles. The predicted octanol–water partition coefficient (Wildman–Crippen LogP) is 3.56. The van der Waals surface area contributed by atoms with E-state index in [2.05, 4.69) is 16.0 Å². The molecule has 0 radical (unpaired) electrons. The molecule has 0 aliphatic heterocycles. The maximum Gasteiger partial charge on any atom is 0.337 e. The maximum atomic E-state index is 12.2. The summed E-state index contributed by atoms with van der Waals surface area (Å²) < 4.78 is 3.38. The van der Waals surface area contributed by atoms with Gasteiger partial charge in [0.15, 0.2) is 11.7 Å². The lowest BCUT2D eigenvalue weighted by atomic mass is 10.2. The smallest absolute Gasteiger partial charge is 0.337 e. The standard InChI is InChI=1S/C18H16Cl3N3O4S/c19-18(20,21)16(23-14(25)10-28-11-6-2-1-3-7-11)24-17(29)22-13-9-5-4-8-12(13)15(26)27/h1-9,16H,10H2,(H,23,25)(H,26,27)(H2,22,24,29)/t16-/m1/s1. The lowest BCUT2D eigenvalue weighted by Crippen LogP contribution is -2.57. The Morgan fingerprint density at radius 2 is 1.66 bits per heavy atom. The predicted molar refractivity (Wildman–Crippen MR) is 117 cm³/mol. The van der Waals surface area contributed by atoms with E-state index in [0.717, 1.165) is 0 Å². The van der Waals surface area contributed by atoms with Gasteiger partial charge in [-0.15, -0.1) is 0 Å². The van der Waals surface area contributed by atoms with Crippen molar-refractivity contribution >= 4 is 69.7 Å². The van der Waals surface area contributed by atoms with Gasteiger partial charge in [-0.2, -0.15) is 0 Å². The van der Waals surface area contributed by atoms with Gasteiger partial charge < -0.3 is 25.8 Å². The van der Waals surface area contributed by atoms with Gasteiger partial charge in [-0.05, 0) is 36.5 Å². The number of anilines is 1. The number of ether oxygens (including phenoxy) is 1. The van der Waals surface area contributed by atoms with Crippen LogP contribution in [0.25, 0.3) is 0 Å². The van der Waals surface area contributed by atoms with E-state index in [4.69, 9.17) is 51.8 Å². The van der Waals surface area contributed by atoms with Crippen LogP contribution in [-0.4, -0.2) is 38.7 Å². The summed E-state index contributed by atoms with van der Waals surface area (Å²) in [4.78, 5) is 23.4. The summed E-state index contributed by atoms with van der Waals surface area (Å²) in [6, 6.07) is 14.8. The molecule has 1 atom stereocenters. The Morgan fingerprint density at radius 3 is 2.28 bits per heavy atom. The Morgan fingerprint density at radius 1 is 1.03 bits per heavy atom. The van der Waals surface area contributed by atoms with E-state index in [9.17, 15) is 14.7 Å². The number of carbonyl (C=O) groups excluding carboxylic acids is 1. The molecule has 2 aromatic rings. The van der Waals surface area contributed by atoms with Crippen molar-refractivity contribution in [3.8, 4) is 5.75 Å². The molecule has 0 spiro atoms. The fourth-order valence-corrected chi connectivity index (χ4v) is 2.69. The van der Waals surface area contributed by atoms with Crippen molar-refractivity contribution < 1.29 is 19.4 Å². The van der Waals surface area contributed by atoms with E-state index >= 15 is 0 Å². The van der Waals surface area contributed by atoms with E-state index in [0.29, 0.717) is 5.75 Å². The first-order chi connectivity index (χ1) is 13.7. The van der Waals surface area contributed by atoms with Crippen molar-refractivity contribution in [2.75, 3.05) is 11.9 Å². The van der Waals surface area contributed by atoms with Crippen molar-refractivity contribution in [1.82, 2.24) is 10.6 Å². The topological polar surface area (TPSA) is 99.7 Å². The first-order valence-corrected chi connectivity index (χ1v) is 9.65. The monoisotopic (exact) mass is 475 g/mol. The van der Waals surface area contributed by atoms with Gasteiger partial charge in [0.2, 0.25) is 3.79 Å². The molecule has 0 unspecified atom stereocenters. The fraction of sp³-hybridized carbons (Fsp3) is 0.167. The molecular weight excluding hydrogens is 461 g/mol. The second kappa shape index (κ2) is 10.5. The van der Waals surface area contributed by atoms with Crippen LogP contribution in [0, 0.1) is 0 Å².